The van der Waals surface area contributed by atoms with Gasteiger partial charge < -0.3 is 22.2 Å². The molecule has 8 N–H and O–H groups in total. The minimum absolute atomic E-state index is 0. The van der Waals surface area contributed by atoms with Crippen LogP contribution in [0.25, 0.3) is 0 Å². The highest BCUT2D eigenvalue weighted by Gasteiger charge is 2.14. The minimum atomic E-state index is -1.04. The summed E-state index contributed by atoms with van der Waals surface area (Å²) in [6, 6.07) is -0.860. The second-order valence-corrected chi connectivity index (χ2v) is 2.30. The molecule has 0 fully saturated rings. The number of nitrogens with two attached hydrogens (primary N) is 1. The lowest BCUT2D eigenvalue weighted by molar-refractivity contribution is -0.142. The monoisotopic (exact) mass is 179 g/mol. The molecule has 0 aromatic carbocycles. The fraction of sp³-hybridized carbons (Fsp3) is 0.833. The third-order valence-electron chi connectivity index (χ3n) is 1.40. The number of hydrogen-bond donors (Lipinski definition) is 5. The summed E-state index contributed by atoms with van der Waals surface area (Å²) in [5.41, 5.74) is 6.92. The quantitative estimate of drug-likeness (QED) is 0.281. The molecule has 6 nitrogen and oxygen atoms in total. The van der Waals surface area contributed by atoms with Gasteiger partial charge in [-0.1, -0.05) is 0 Å². The molecule has 0 aliphatic rings. The average Bonchev–Trinajstić information content (AvgIpc) is 1.97. The molecular weight excluding hydrogens is 162 g/mol. The minimum Gasteiger partial charge on any atom is -0.480 e. The first-order valence-corrected chi connectivity index (χ1v) is 3.55. The number of aliphatic carboxylic acids is 1. The van der Waals surface area contributed by atoms with E-state index in [9.17, 15) is 4.79 Å². The number of hydrogen-bond acceptors (Lipinski definition) is 5. The van der Waals surface area contributed by atoms with E-state index in [4.69, 9.17) is 16.0 Å². The average molecular weight is 179 g/mol. The second-order valence-electron chi connectivity index (χ2n) is 2.30. The first-order valence-electron chi connectivity index (χ1n) is 3.55. The van der Waals surface area contributed by atoms with Crippen molar-refractivity contribution in [2.24, 2.45) is 5.73 Å². The highest BCUT2D eigenvalue weighted by Crippen LogP contribution is 1.99. The van der Waals surface area contributed by atoms with E-state index in [1.54, 1.807) is 5.48 Å². The van der Waals surface area contributed by atoms with Crippen molar-refractivity contribution < 1.29 is 15.1 Å². The maximum atomic E-state index is 10.3. The summed E-state index contributed by atoms with van der Waals surface area (Å²) in [4.78, 5) is 10.3. The fourth-order valence-corrected chi connectivity index (χ4v) is 0.736. The summed E-state index contributed by atoms with van der Waals surface area (Å²) in [7, 11) is 0. The van der Waals surface area contributed by atoms with Gasteiger partial charge in [-0.05, 0) is 25.8 Å². The van der Waals surface area contributed by atoms with Gasteiger partial charge in [0.1, 0.15) is 6.04 Å². The van der Waals surface area contributed by atoms with Gasteiger partial charge in [-0.25, -0.2) is 0 Å². The molecule has 0 saturated heterocycles. The van der Waals surface area contributed by atoms with E-state index in [-0.39, 0.29) is 6.15 Å². The molecule has 0 spiro atoms. The van der Waals surface area contributed by atoms with Crippen LogP contribution in [0.2, 0.25) is 0 Å². The Bertz CT molecular complexity index is 121. The van der Waals surface area contributed by atoms with E-state index in [0.717, 1.165) is 6.42 Å². The molecule has 1 atom stereocenters. The zero-order valence-corrected chi connectivity index (χ0v) is 6.99. The molecule has 0 heterocycles. The van der Waals surface area contributed by atoms with Gasteiger partial charge in [0.2, 0.25) is 0 Å². The smallest absolute Gasteiger partial charge is 0.323 e. The molecule has 0 saturated carbocycles. The van der Waals surface area contributed by atoms with E-state index in [0.29, 0.717) is 19.4 Å². The van der Waals surface area contributed by atoms with Gasteiger partial charge in [0, 0.05) is 0 Å². The lowest BCUT2D eigenvalue weighted by Crippen LogP contribution is -2.34. The third kappa shape index (κ3) is 6.05. The Morgan fingerprint density at radius 1 is 1.50 bits per heavy atom. The normalized spacial score (nSPS) is 11.8. The number of nitrogens with one attached hydrogen (secondary N) is 1. The van der Waals surface area contributed by atoms with Crippen LogP contribution in [0.5, 0.6) is 0 Å². The van der Waals surface area contributed by atoms with Crippen molar-refractivity contribution in [3.8, 4) is 0 Å². The molecular formula is C6H17N3O3. The molecule has 0 amide bonds. The van der Waals surface area contributed by atoms with Crippen LogP contribution in [0.1, 0.15) is 19.3 Å². The largest absolute Gasteiger partial charge is 0.480 e. The molecule has 74 valence electrons. The van der Waals surface area contributed by atoms with E-state index in [1.165, 1.54) is 0 Å². The summed E-state index contributed by atoms with van der Waals surface area (Å²) < 4.78 is 0. The van der Waals surface area contributed by atoms with Crippen LogP contribution in [0.3, 0.4) is 0 Å². The molecule has 1 unspecified atom stereocenters. The van der Waals surface area contributed by atoms with Crippen molar-refractivity contribution in [1.29, 1.82) is 0 Å². The Morgan fingerprint density at radius 2 is 2.08 bits per heavy atom. The van der Waals surface area contributed by atoms with Crippen LogP contribution in [0.15, 0.2) is 0 Å². The lowest BCUT2D eigenvalue weighted by Gasteiger charge is -2.08. The number of carboxylic acids is 1. The van der Waals surface area contributed by atoms with Crippen molar-refractivity contribution in [3.63, 3.8) is 0 Å². The summed E-state index contributed by atoms with van der Waals surface area (Å²) >= 11 is 0. The van der Waals surface area contributed by atoms with Gasteiger partial charge >= 0.3 is 5.97 Å². The maximum absolute atomic E-state index is 10.3. The molecule has 0 aromatic rings. The van der Waals surface area contributed by atoms with Crippen molar-refractivity contribution in [3.05, 3.63) is 0 Å². The summed E-state index contributed by atoms with van der Waals surface area (Å²) in [6.07, 6.45) is 1.90. The van der Waals surface area contributed by atoms with Gasteiger partial charge in [0.05, 0.1) is 0 Å². The number of unbranched alkanes of at least 4 members (excludes halogenated alkanes) is 1. The molecule has 0 rings (SSSR count). The van der Waals surface area contributed by atoms with Gasteiger partial charge in [-0.3, -0.25) is 4.79 Å². The van der Waals surface area contributed by atoms with Crippen molar-refractivity contribution in [2.75, 3.05) is 6.54 Å². The summed E-state index contributed by atoms with van der Waals surface area (Å²) in [5, 5.41) is 16.8. The first-order chi connectivity index (χ1) is 5.22. The number of rotatable bonds is 6. The summed E-state index contributed by atoms with van der Waals surface area (Å²) in [5.74, 6) is -1.04. The number of carbonyl (C=O) groups is 1. The number of hydroxylamine groups is 1. The predicted octanol–water partition coefficient (Wildman–Crippen LogP) is -0.291. The van der Waals surface area contributed by atoms with E-state index >= 15 is 0 Å². The van der Waals surface area contributed by atoms with Crippen LogP contribution >= 0.6 is 0 Å². The molecule has 0 aliphatic heterocycles. The second kappa shape index (κ2) is 8.41. The number of carboxylic acid groups (broad SMARTS) is 1. The Balaban J connectivity index is 0. The highest BCUT2D eigenvalue weighted by molar-refractivity contribution is 5.73. The fourth-order valence-electron chi connectivity index (χ4n) is 0.736. The Hall–Kier alpha value is -0.690. The topological polar surface area (TPSA) is 131 Å². The van der Waals surface area contributed by atoms with Crippen LogP contribution in [0, 0.1) is 0 Å². The molecule has 0 radical (unpaired) electrons. The Morgan fingerprint density at radius 3 is 2.42 bits per heavy atom. The van der Waals surface area contributed by atoms with E-state index < -0.39 is 12.0 Å². The van der Waals surface area contributed by atoms with Crippen LogP contribution in [-0.4, -0.2) is 28.9 Å². The zero-order valence-electron chi connectivity index (χ0n) is 6.99. The van der Waals surface area contributed by atoms with Crippen molar-refractivity contribution >= 4 is 5.97 Å². The van der Waals surface area contributed by atoms with Crippen LogP contribution < -0.4 is 17.4 Å². The van der Waals surface area contributed by atoms with Gasteiger partial charge in [0.15, 0.2) is 0 Å². The zero-order chi connectivity index (χ0) is 8.69. The van der Waals surface area contributed by atoms with E-state index in [2.05, 4.69) is 0 Å². The van der Waals surface area contributed by atoms with Gasteiger partial charge in [-0.15, -0.1) is 0 Å². The SMILES string of the molecule is N.NCCCCC(NO)C(=O)O. The third-order valence-corrected chi connectivity index (χ3v) is 1.40. The lowest BCUT2D eigenvalue weighted by atomic mass is 10.1. The van der Waals surface area contributed by atoms with Crippen LogP contribution in [-0.2, 0) is 4.79 Å². The molecule has 0 aliphatic carbocycles. The Labute approximate surface area is 71.3 Å². The highest BCUT2D eigenvalue weighted by atomic mass is 16.5. The first kappa shape index (κ1) is 13.9. The maximum Gasteiger partial charge on any atom is 0.323 e. The van der Waals surface area contributed by atoms with Gasteiger partial charge in [0.25, 0.3) is 0 Å². The van der Waals surface area contributed by atoms with Crippen molar-refractivity contribution in [1.82, 2.24) is 11.6 Å². The predicted molar refractivity (Wildman–Crippen MR) is 44.3 cm³/mol. The molecule has 6 heteroatoms. The van der Waals surface area contributed by atoms with Crippen molar-refractivity contribution in [2.45, 2.75) is 25.3 Å². The molecule has 0 bridgehead atoms. The molecule has 0 aromatic heterocycles. The van der Waals surface area contributed by atoms with E-state index in [1.807, 2.05) is 0 Å². The van der Waals surface area contributed by atoms with Gasteiger partial charge in [-0.2, -0.15) is 5.48 Å². The van der Waals surface area contributed by atoms with Crippen LogP contribution in [0.4, 0.5) is 0 Å². The molecule has 12 heavy (non-hydrogen) atoms. The standard InChI is InChI=1S/C6H14N2O3.H3N/c7-4-2-1-3-5(8-11)6(9)10;/h5,8,11H,1-4,7H2,(H,9,10);1H3. The summed E-state index contributed by atoms with van der Waals surface area (Å²) in [6.45, 7) is 0.553. The Kier molecular flexibility index (Phi) is 9.72.